The molecule has 0 aromatic heterocycles. The molecule has 1 fully saturated rings. The van der Waals surface area contributed by atoms with Crippen LogP contribution in [0.5, 0.6) is 0 Å². The van der Waals surface area contributed by atoms with E-state index in [1.54, 1.807) is 0 Å². The summed E-state index contributed by atoms with van der Waals surface area (Å²) < 4.78 is 39.6. The molecule has 0 aliphatic heterocycles. The molecule has 3 atom stereocenters. The predicted molar refractivity (Wildman–Crippen MR) is 77.7 cm³/mol. The van der Waals surface area contributed by atoms with Gasteiger partial charge in [0, 0.05) is 6.04 Å². The summed E-state index contributed by atoms with van der Waals surface area (Å²) in [6, 6.07) is 0.0330. The summed E-state index contributed by atoms with van der Waals surface area (Å²) in [5.41, 5.74) is 0. The molecule has 1 rings (SSSR count). The van der Waals surface area contributed by atoms with Crippen molar-refractivity contribution in [2.45, 2.75) is 77.9 Å². The third-order valence-electron chi connectivity index (χ3n) is 4.52. The van der Waals surface area contributed by atoms with Crippen LogP contribution >= 0.6 is 0 Å². The number of rotatable bonds is 7. The lowest BCUT2D eigenvalue weighted by Gasteiger charge is -2.38. The van der Waals surface area contributed by atoms with Gasteiger partial charge in [-0.1, -0.05) is 46.5 Å². The molecular formula is C16H30F3N. The van der Waals surface area contributed by atoms with Crippen molar-refractivity contribution in [3.63, 3.8) is 0 Å². The van der Waals surface area contributed by atoms with Gasteiger partial charge in [0.05, 0.1) is 5.92 Å². The summed E-state index contributed by atoms with van der Waals surface area (Å²) in [6.45, 7) is 7.08. The molecule has 0 aromatic rings. The van der Waals surface area contributed by atoms with Crippen molar-refractivity contribution < 1.29 is 13.2 Å². The number of nitrogens with one attached hydrogen (secondary N) is 1. The summed E-state index contributed by atoms with van der Waals surface area (Å²) in [5.74, 6) is -0.697. The van der Waals surface area contributed by atoms with Gasteiger partial charge in [0.1, 0.15) is 0 Å². The molecule has 0 heterocycles. The quantitative estimate of drug-likeness (QED) is 0.683. The maximum atomic E-state index is 13.2. The van der Waals surface area contributed by atoms with Crippen molar-refractivity contribution in [1.82, 2.24) is 5.32 Å². The van der Waals surface area contributed by atoms with Crippen LogP contribution in [0.1, 0.15) is 65.7 Å². The van der Waals surface area contributed by atoms with Crippen molar-refractivity contribution in [1.29, 1.82) is 0 Å². The van der Waals surface area contributed by atoms with Gasteiger partial charge in [-0.3, -0.25) is 0 Å². The average Bonchev–Trinajstić information content (AvgIpc) is 2.36. The standard InChI is InChI=1S/C16H30F3N/c1-4-20-15(11-7-8-12(2)3)13-9-5-6-10-14(13)16(17,18)19/h12-15,20H,4-11H2,1-3H3. The predicted octanol–water partition coefficient (Wildman–Crippen LogP) is 5.16. The molecule has 0 saturated heterocycles. The smallest absolute Gasteiger partial charge is 0.314 e. The highest BCUT2D eigenvalue weighted by atomic mass is 19.4. The van der Waals surface area contributed by atoms with Crippen molar-refractivity contribution in [3.8, 4) is 0 Å². The van der Waals surface area contributed by atoms with Gasteiger partial charge in [-0.15, -0.1) is 0 Å². The minimum Gasteiger partial charge on any atom is -0.314 e. The molecule has 0 aromatic carbocycles. The van der Waals surface area contributed by atoms with E-state index in [2.05, 4.69) is 19.2 Å². The molecule has 120 valence electrons. The molecule has 1 aliphatic rings. The van der Waals surface area contributed by atoms with Gasteiger partial charge in [-0.2, -0.15) is 13.2 Å². The number of hydrogen-bond acceptors (Lipinski definition) is 1. The zero-order valence-corrected chi connectivity index (χ0v) is 13.1. The Morgan fingerprint density at radius 3 is 2.30 bits per heavy atom. The van der Waals surface area contributed by atoms with Crippen molar-refractivity contribution >= 4 is 0 Å². The molecular weight excluding hydrogens is 263 g/mol. The second-order valence-corrected chi connectivity index (χ2v) is 6.59. The molecule has 0 radical (unpaired) electrons. The lowest BCUT2D eigenvalue weighted by molar-refractivity contribution is -0.199. The Labute approximate surface area is 121 Å². The monoisotopic (exact) mass is 293 g/mol. The molecule has 20 heavy (non-hydrogen) atoms. The molecule has 1 aliphatic carbocycles. The summed E-state index contributed by atoms with van der Waals surface area (Å²) in [4.78, 5) is 0. The third kappa shape index (κ3) is 5.63. The summed E-state index contributed by atoms with van der Waals surface area (Å²) in [5, 5.41) is 3.33. The normalized spacial score (nSPS) is 25.9. The highest BCUT2D eigenvalue weighted by Gasteiger charge is 2.47. The van der Waals surface area contributed by atoms with Crippen LogP contribution in [0.4, 0.5) is 13.2 Å². The van der Waals surface area contributed by atoms with Gasteiger partial charge in [-0.25, -0.2) is 0 Å². The van der Waals surface area contributed by atoms with Gasteiger partial charge in [0.15, 0.2) is 0 Å². The van der Waals surface area contributed by atoms with E-state index >= 15 is 0 Å². The molecule has 1 saturated carbocycles. The lowest BCUT2D eigenvalue weighted by atomic mass is 9.73. The van der Waals surface area contributed by atoms with Crippen LogP contribution in [0.2, 0.25) is 0 Å². The largest absolute Gasteiger partial charge is 0.392 e. The Hall–Kier alpha value is -0.250. The van der Waals surface area contributed by atoms with Crippen LogP contribution in [-0.2, 0) is 0 Å². The van der Waals surface area contributed by atoms with Gasteiger partial charge in [0.25, 0.3) is 0 Å². The van der Waals surface area contributed by atoms with Crippen LogP contribution < -0.4 is 5.32 Å². The Morgan fingerprint density at radius 2 is 1.75 bits per heavy atom. The van der Waals surface area contributed by atoms with E-state index in [0.29, 0.717) is 12.3 Å². The summed E-state index contributed by atoms with van der Waals surface area (Å²) in [6.07, 6.45) is 1.69. The average molecular weight is 293 g/mol. The summed E-state index contributed by atoms with van der Waals surface area (Å²) >= 11 is 0. The Bertz CT molecular complexity index is 263. The maximum Gasteiger partial charge on any atom is 0.392 e. The molecule has 0 spiro atoms. The molecule has 0 bridgehead atoms. The molecule has 3 unspecified atom stereocenters. The molecule has 1 N–H and O–H groups in total. The molecule has 1 nitrogen and oxygen atoms in total. The minimum atomic E-state index is -4.03. The first kappa shape index (κ1) is 17.8. The molecule has 4 heteroatoms. The van der Waals surface area contributed by atoms with E-state index in [1.165, 1.54) is 0 Å². The van der Waals surface area contributed by atoms with Gasteiger partial charge >= 0.3 is 6.18 Å². The second kappa shape index (κ2) is 8.26. The maximum absolute atomic E-state index is 13.2. The fourth-order valence-corrected chi connectivity index (χ4v) is 3.52. The first-order valence-corrected chi connectivity index (χ1v) is 8.16. The zero-order valence-electron chi connectivity index (χ0n) is 13.1. The highest BCUT2D eigenvalue weighted by Crippen LogP contribution is 2.43. The van der Waals surface area contributed by atoms with E-state index in [4.69, 9.17) is 0 Å². The van der Waals surface area contributed by atoms with Crippen molar-refractivity contribution in [2.24, 2.45) is 17.8 Å². The van der Waals surface area contributed by atoms with Gasteiger partial charge in [-0.05, 0) is 37.6 Å². The van der Waals surface area contributed by atoms with Crippen molar-refractivity contribution in [2.75, 3.05) is 6.54 Å². The SMILES string of the molecule is CCNC(CCCC(C)C)C1CCCCC1C(F)(F)F. The lowest BCUT2D eigenvalue weighted by Crippen LogP contribution is -2.45. The zero-order chi connectivity index (χ0) is 15.2. The Morgan fingerprint density at radius 1 is 1.10 bits per heavy atom. The Balaban J connectivity index is 2.66. The number of alkyl halides is 3. The summed E-state index contributed by atoms with van der Waals surface area (Å²) in [7, 11) is 0. The van der Waals surface area contributed by atoms with E-state index in [-0.39, 0.29) is 12.0 Å². The molecule has 0 amide bonds. The Kier molecular flexibility index (Phi) is 7.35. The van der Waals surface area contributed by atoms with E-state index in [1.807, 2.05) is 6.92 Å². The fourth-order valence-electron chi connectivity index (χ4n) is 3.52. The number of hydrogen-bond donors (Lipinski definition) is 1. The van der Waals surface area contributed by atoms with Crippen LogP contribution in [-0.4, -0.2) is 18.8 Å². The first-order valence-electron chi connectivity index (χ1n) is 8.16. The van der Waals surface area contributed by atoms with E-state index in [9.17, 15) is 13.2 Å². The number of halogens is 3. The fraction of sp³-hybridized carbons (Fsp3) is 1.00. The van der Waals surface area contributed by atoms with E-state index in [0.717, 1.165) is 45.1 Å². The van der Waals surface area contributed by atoms with Crippen LogP contribution in [0.15, 0.2) is 0 Å². The van der Waals surface area contributed by atoms with Gasteiger partial charge in [0.2, 0.25) is 0 Å². The third-order valence-corrected chi connectivity index (χ3v) is 4.52. The van der Waals surface area contributed by atoms with E-state index < -0.39 is 12.1 Å². The van der Waals surface area contributed by atoms with Crippen LogP contribution in [0, 0.1) is 17.8 Å². The van der Waals surface area contributed by atoms with Crippen LogP contribution in [0.25, 0.3) is 0 Å². The minimum absolute atomic E-state index is 0.0330. The van der Waals surface area contributed by atoms with Crippen LogP contribution in [0.3, 0.4) is 0 Å². The second-order valence-electron chi connectivity index (χ2n) is 6.59. The van der Waals surface area contributed by atoms with Gasteiger partial charge < -0.3 is 5.32 Å². The van der Waals surface area contributed by atoms with Crippen molar-refractivity contribution in [3.05, 3.63) is 0 Å². The first-order chi connectivity index (χ1) is 9.36. The topological polar surface area (TPSA) is 12.0 Å². The highest BCUT2D eigenvalue weighted by molar-refractivity contribution is 4.88.